The molecule has 1 amide bonds. The zero-order valence-corrected chi connectivity index (χ0v) is 16.5. The first-order valence-corrected chi connectivity index (χ1v) is 9.12. The zero-order valence-electron chi connectivity index (χ0n) is 16.5. The number of rotatable bonds is 9. The molecule has 6 heteroatoms. The number of nitrogens with one attached hydrogen (secondary N) is 1. The molecule has 1 aromatic heterocycles. The second-order valence-corrected chi connectivity index (χ2v) is 6.64. The summed E-state index contributed by atoms with van der Waals surface area (Å²) in [5.41, 5.74) is 3.10. The van der Waals surface area contributed by atoms with Crippen LogP contribution in [-0.2, 0) is 20.9 Å². The van der Waals surface area contributed by atoms with Gasteiger partial charge in [-0.15, -0.1) is 6.58 Å². The van der Waals surface area contributed by atoms with Gasteiger partial charge in [0.2, 0.25) is 11.7 Å². The molecule has 0 saturated carbocycles. The van der Waals surface area contributed by atoms with E-state index < -0.39 is 12.0 Å². The number of hydrogen-bond donors (Lipinski definition) is 1. The molecule has 2 aromatic rings. The highest BCUT2D eigenvalue weighted by molar-refractivity contribution is 5.99. The van der Waals surface area contributed by atoms with E-state index in [-0.39, 0.29) is 24.7 Å². The molecule has 0 fully saturated rings. The zero-order chi connectivity index (χ0) is 20.7. The summed E-state index contributed by atoms with van der Waals surface area (Å²) in [6, 6.07) is 10.5. The van der Waals surface area contributed by atoms with Crippen molar-refractivity contribution in [3.05, 3.63) is 71.6 Å². The molecule has 148 valence electrons. The quantitative estimate of drug-likeness (QED) is 0.410. The van der Waals surface area contributed by atoms with Crippen molar-refractivity contribution in [3.63, 3.8) is 0 Å². The first kappa shape index (κ1) is 21.2. The molecular formula is C22H26N2O4. The molecule has 0 bridgehead atoms. The summed E-state index contributed by atoms with van der Waals surface area (Å²) in [5.74, 6) is -1.05. The fraction of sp³-hybridized carbons (Fsp3) is 0.318. The minimum Gasteiger partial charge on any atom is -0.457 e. The molecule has 1 heterocycles. The fourth-order valence-corrected chi connectivity index (χ4v) is 3.13. The number of amides is 1. The number of aromatic nitrogens is 1. The highest BCUT2D eigenvalue weighted by Crippen LogP contribution is 2.18. The maximum atomic E-state index is 12.5. The molecule has 0 aliphatic rings. The van der Waals surface area contributed by atoms with Crippen LogP contribution < -0.4 is 5.32 Å². The van der Waals surface area contributed by atoms with E-state index in [2.05, 4.69) is 11.9 Å². The van der Waals surface area contributed by atoms with Crippen LogP contribution in [0.25, 0.3) is 0 Å². The Kier molecular flexibility index (Phi) is 7.32. The summed E-state index contributed by atoms with van der Waals surface area (Å²) in [4.78, 5) is 36.2. The number of hydrogen-bond acceptors (Lipinski definition) is 4. The van der Waals surface area contributed by atoms with Gasteiger partial charge >= 0.3 is 5.97 Å². The van der Waals surface area contributed by atoms with E-state index in [0.717, 1.165) is 17.0 Å². The number of allylic oxidation sites excluding steroid dienone is 1. The van der Waals surface area contributed by atoms with Crippen LogP contribution in [0.1, 0.15) is 46.7 Å². The van der Waals surface area contributed by atoms with Crippen LogP contribution in [0.15, 0.2) is 49.1 Å². The van der Waals surface area contributed by atoms with E-state index >= 15 is 0 Å². The lowest BCUT2D eigenvalue weighted by Crippen LogP contribution is -2.29. The predicted molar refractivity (Wildman–Crippen MR) is 107 cm³/mol. The Morgan fingerprint density at radius 1 is 1.21 bits per heavy atom. The molecule has 2 rings (SSSR count). The van der Waals surface area contributed by atoms with E-state index in [1.54, 1.807) is 12.1 Å². The Bertz CT molecular complexity index is 868. The summed E-state index contributed by atoms with van der Waals surface area (Å²) >= 11 is 0. The van der Waals surface area contributed by atoms with E-state index in [9.17, 15) is 14.4 Å². The number of aryl methyl sites for hydroxylation is 1. The van der Waals surface area contributed by atoms with Crippen LogP contribution >= 0.6 is 0 Å². The highest BCUT2D eigenvalue weighted by Gasteiger charge is 2.20. The normalized spacial score (nSPS) is 11.5. The number of esters is 1. The Balaban J connectivity index is 2.00. The molecule has 0 spiro atoms. The van der Waals surface area contributed by atoms with Gasteiger partial charge in [-0.25, -0.2) is 0 Å². The molecule has 0 aliphatic carbocycles. The summed E-state index contributed by atoms with van der Waals surface area (Å²) in [5, 5.41) is 2.74. The van der Waals surface area contributed by atoms with Crippen molar-refractivity contribution in [1.82, 2.24) is 9.88 Å². The molecule has 0 unspecified atom stereocenters. The summed E-state index contributed by atoms with van der Waals surface area (Å²) in [6.45, 7) is 9.16. The van der Waals surface area contributed by atoms with Crippen molar-refractivity contribution in [2.24, 2.45) is 0 Å². The van der Waals surface area contributed by atoms with Crippen LogP contribution in [0.5, 0.6) is 0 Å². The van der Waals surface area contributed by atoms with Crippen molar-refractivity contribution in [1.29, 1.82) is 0 Å². The van der Waals surface area contributed by atoms with Crippen LogP contribution in [0.2, 0.25) is 0 Å². The number of nitrogens with zero attached hydrogens (tertiary/aromatic N) is 1. The van der Waals surface area contributed by atoms with E-state index in [0.29, 0.717) is 12.1 Å². The molecule has 28 heavy (non-hydrogen) atoms. The van der Waals surface area contributed by atoms with Crippen molar-refractivity contribution >= 4 is 17.7 Å². The first-order valence-electron chi connectivity index (χ1n) is 9.12. The van der Waals surface area contributed by atoms with Crippen molar-refractivity contribution in [2.75, 3.05) is 6.61 Å². The minimum absolute atomic E-state index is 0.0492. The summed E-state index contributed by atoms with van der Waals surface area (Å²) < 4.78 is 7.16. The molecular weight excluding hydrogens is 356 g/mol. The molecule has 0 saturated heterocycles. The third-order valence-electron chi connectivity index (χ3n) is 4.50. The Morgan fingerprint density at radius 2 is 1.89 bits per heavy atom. The lowest BCUT2D eigenvalue weighted by Gasteiger charge is -2.17. The molecule has 6 nitrogen and oxygen atoms in total. The predicted octanol–water partition coefficient (Wildman–Crippen LogP) is 3.28. The van der Waals surface area contributed by atoms with Gasteiger partial charge in [0.25, 0.3) is 0 Å². The van der Waals surface area contributed by atoms with Gasteiger partial charge in [-0.3, -0.25) is 14.4 Å². The standard InChI is InChI=1S/C22H26N2O4/c1-5-11-24-15(2)12-19(16(24)3)21(26)14-28-22(27)13-20(23-17(4)25)18-9-7-6-8-10-18/h5-10,12,20H,1,11,13-14H2,2-4H3,(H,23,25)/t20-/m0/s1. The van der Waals surface area contributed by atoms with Gasteiger partial charge in [-0.1, -0.05) is 36.4 Å². The second kappa shape index (κ2) is 9.69. The van der Waals surface area contributed by atoms with Gasteiger partial charge in [-0.05, 0) is 25.5 Å². The largest absolute Gasteiger partial charge is 0.457 e. The SMILES string of the molecule is C=CCn1c(C)cc(C(=O)COC(=O)C[C@H](NC(C)=O)c2ccccc2)c1C. The molecule has 1 N–H and O–H groups in total. The van der Waals surface area contributed by atoms with Crippen LogP contribution in [0, 0.1) is 13.8 Å². The number of carbonyl (C=O) groups excluding carboxylic acids is 3. The molecule has 1 aromatic carbocycles. The van der Waals surface area contributed by atoms with Gasteiger partial charge in [-0.2, -0.15) is 0 Å². The van der Waals surface area contributed by atoms with E-state index in [1.807, 2.05) is 48.7 Å². The van der Waals surface area contributed by atoms with E-state index in [1.165, 1.54) is 6.92 Å². The van der Waals surface area contributed by atoms with Gasteiger partial charge in [0.15, 0.2) is 6.61 Å². The maximum absolute atomic E-state index is 12.5. The minimum atomic E-state index is -0.546. The second-order valence-electron chi connectivity index (χ2n) is 6.64. The number of ether oxygens (including phenoxy) is 1. The van der Waals surface area contributed by atoms with Crippen molar-refractivity contribution in [2.45, 2.75) is 39.8 Å². The first-order chi connectivity index (χ1) is 13.3. The number of Topliss-reactive ketones (excluding diaryl/α,β-unsaturated/α-hetero) is 1. The van der Waals surface area contributed by atoms with Gasteiger partial charge in [0.1, 0.15) is 0 Å². The number of benzene rings is 1. The molecule has 0 radical (unpaired) electrons. The van der Waals surface area contributed by atoms with Crippen LogP contribution in [-0.4, -0.2) is 28.8 Å². The van der Waals surface area contributed by atoms with Crippen molar-refractivity contribution < 1.29 is 19.1 Å². The smallest absolute Gasteiger partial charge is 0.308 e. The summed E-state index contributed by atoms with van der Waals surface area (Å²) in [7, 11) is 0. The molecule has 0 aliphatic heterocycles. The number of ketones is 1. The average Bonchev–Trinajstić information content (AvgIpc) is 2.94. The van der Waals surface area contributed by atoms with Crippen LogP contribution in [0.4, 0.5) is 0 Å². The Labute approximate surface area is 165 Å². The number of carbonyl (C=O) groups is 3. The lowest BCUT2D eigenvalue weighted by atomic mass is 10.0. The maximum Gasteiger partial charge on any atom is 0.308 e. The third-order valence-corrected chi connectivity index (χ3v) is 4.50. The topological polar surface area (TPSA) is 77.4 Å². The van der Waals surface area contributed by atoms with Gasteiger partial charge in [0.05, 0.1) is 12.5 Å². The highest BCUT2D eigenvalue weighted by atomic mass is 16.5. The lowest BCUT2D eigenvalue weighted by molar-refractivity contribution is -0.143. The molecule has 1 atom stereocenters. The van der Waals surface area contributed by atoms with Crippen molar-refractivity contribution in [3.8, 4) is 0 Å². The fourth-order valence-electron chi connectivity index (χ4n) is 3.13. The Hall–Kier alpha value is -3.15. The van der Waals surface area contributed by atoms with Gasteiger partial charge in [0, 0.05) is 30.4 Å². The third kappa shape index (κ3) is 5.42. The monoisotopic (exact) mass is 382 g/mol. The van der Waals surface area contributed by atoms with E-state index in [4.69, 9.17) is 4.74 Å². The van der Waals surface area contributed by atoms with Gasteiger partial charge < -0.3 is 14.6 Å². The van der Waals surface area contributed by atoms with Crippen LogP contribution in [0.3, 0.4) is 0 Å². The summed E-state index contributed by atoms with van der Waals surface area (Å²) in [6.07, 6.45) is 1.71. The average molecular weight is 382 g/mol. The Morgan fingerprint density at radius 3 is 2.50 bits per heavy atom.